The van der Waals surface area contributed by atoms with Gasteiger partial charge in [0.05, 0.1) is 11.6 Å². The molecule has 7 heteroatoms. The Hall–Kier alpha value is -3.84. The summed E-state index contributed by atoms with van der Waals surface area (Å²) in [6.45, 7) is 5.58. The zero-order valence-electron chi connectivity index (χ0n) is 18.1. The zero-order valence-corrected chi connectivity index (χ0v) is 18.1. The van der Waals surface area contributed by atoms with Crippen molar-refractivity contribution < 1.29 is 23.9 Å². The fraction of sp³-hybridized carbons (Fsp3) is 0.200. The first kappa shape index (κ1) is 22.8. The quantitative estimate of drug-likeness (QED) is 0.341. The Labute approximate surface area is 186 Å². The molecule has 0 saturated heterocycles. The number of ketones is 1. The van der Waals surface area contributed by atoms with Crippen LogP contribution in [0.3, 0.4) is 0 Å². The van der Waals surface area contributed by atoms with Crippen molar-refractivity contribution in [1.82, 2.24) is 4.98 Å². The van der Waals surface area contributed by atoms with E-state index in [9.17, 15) is 14.4 Å². The SMILES string of the molecule is Cc1ccc(C(=O)Oc2ccc(C(=O)C(N)C(C)C)cc2OC(=O)c2ccccn2)cc1. The van der Waals surface area contributed by atoms with E-state index in [1.807, 2.05) is 20.8 Å². The van der Waals surface area contributed by atoms with Gasteiger partial charge in [-0.1, -0.05) is 37.6 Å². The molecule has 0 amide bonds. The van der Waals surface area contributed by atoms with Gasteiger partial charge in [-0.05, 0) is 55.3 Å². The number of nitrogens with two attached hydrogens (primary N) is 1. The molecule has 2 aromatic carbocycles. The van der Waals surface area contributed by atoms with Crippen LogP contribution < -0.4 is 15.2 Å². The van der Waals surface area contributed by atoms with Gasteiger partial charge in [-0.15, -0.1) is 0 Å². The summed E-state index contributed by atoms with van der Waals surface area (Å²) in [4.78, 5) is 41.8. The molecule has 1 atom stereocenters. The van der Waals surface area contributed by atoms with Gasteiger partial charge in [0.2, 0.25) is 0 Å². The van der Waals surface area contributed by atoms with Gasteiger partial charge in [0.15, 0.2) is 17.3 Å². The normalized spacial score (nSPS) is 11.7. The maximum atomic E-state index is 12.7. The van der Waals surface area contributed by atoms with Gasteiger partial charge >= 0.3 is 11.9 Å². The highest BCUT2D eigenvalue weighted by atomic mass is 16.6. The Morgan fingerprint density at radius 2 is 1.50 bits per heavy atom. The summed E-state index contributed by atoms with van der Waals surface area (Å²) < 4.78 is 10.9. The van der Waals surface area contributed by atoms with Crippen LogP contribution in [0.2, 0.25) is 0 Å². The molecule has 3 rings (SSSR count). The van der Waals surface area contributed by atoms with Gasteiger partial charge in [0, 0.05) is 11.8 Å². The molecule has 1 heterocycles. The number of aryl methyl sites for hydroxylation is 1. The summed E-state index contributed by atoms with van der Waals surface area (Å²) in [5.41, 5.74) is 7.63. The number of benzene rings is 2. The number of carbonyl (C=O) groups is 3. The fourth-order valence-corrected chi connectivity index (χ4v) is 2.80. The van der Waals surface area contributed by atoms with Gasteiger partial charge < -0.3 is 15.2 Å². The van der Waals surface area contributed by atoms with Crippen molar-refractivity contribution in [2.24, 2.45) is 11.7 Å². The van der Waals surface area contributed by atoms with Crippen molar-refractivity contribution in [2.75, 3.05) is 0 Å². The lowest BCUT2D eigenvalue weighted by atomic mass is 9.96. The molecule has 7 nitrogen and oxygen atoms in total. The molecule has 0 aliphatic carbocycles. The highest BCUT2D eigenvalue weighted by Gasteiger charge is 2.23. The molecule has 0 aliphatic heterocycles. The lowest BCUT2D eigenvalue weighted by Crippen LogP contribution is -2.35. The summed E-state index contributed by atoms with van der Waals surface area (Å²) in [7, 11) is 0. The molecule has 164 valence electrons. The van der Waals surface area contributed by atoms with Crippen LogP contribution in [-0.4, -0.2) is 28.7 Å². The Bertz CT molecular complexity index is 1120. The highest BCUT2D eigenvalue weighted by Crippen LogP contribution is 2.31. The molecule has 0 fully saturated rings. The topological polar surface area (TPSA) is 109 Å². The van der Waals surface area contributed by atoms with Crippen molar-refractivity contribution in [3.05, 3.63) is 89.2 Å². The molecule has 0 aliphatic rings. The standard InChI is InChI=1S/C25H24N2O5/c1-15(2)22(26)23(28)18-11-12-20(31-24(29)17-9-7-16(3)8-10-17)21(14-18)32-25(30)19-6-4-5-13-27-19/h4-15,22H,26H2,1-3H3. The number of pyridine rings is 1. The molecule has 0 radical (unpaired) electrons. The van der Waals surface area contributed by atoms with Crippen molar-refractivity contribution >= 4 is 17.7 Å². The Morgan fingerprint density at radius 1 is 0.844 bits per heavy atom. The maximum Gasteiger partial charge on any atom is 0.362 e. The van der Waals surface area contributed by atoms with Crippen LogP contribution >= 0.6 is 0 Å². The number of carbonyl (C=O) groups excluding carboxylic acids is 3. The monoisotopic (exact) mass is 432 g/mol. The summed E-state index contributed by atoms with van der Waals surface area (Å²) >= 11 is 0. The number of hydrogen-bond acceptors (Lipinski definition) is 7. The average molecular weight is 432 g/mol. The van der Waals surface area contributed by atoms with E-state index in [1.165, 1.54) is 30.5 Å². The van der Waals surface area contributed by atoms with Crippen LogP contribution in [0.4, 0.5) is 0 Å². The first-order chi connectivity index (χ1) is 15.3. The second kappa shape index (κ2) is 9.98. The third-order valence-corrected chi connectivity index (χ3v) is 4.82. The van der Waals surface area contributed by atoms with E-state index in [0.29, 0.717) is 5.56 Å². The van der Waals surface area contributed by atoms with Crippen LogP contribution in [0, 0.1) is 12.8 Å². The molecule has 2 N–H and O–H groups in total. The van der Waals surface area contributed by atoms with Gasteiger partial charge in [0.25, 0.3) is 0 Å². The van der Waals surface area contributed by atoms with Crippen LogP contribution in [-0.2, 0) is 0 Å². The minimum atomic E-state index is -0.754. The smallest absolute Gasteiger partial charge is 0.362 e. The Kier molecular flexibility index (Phi) is 7.12. The van der Waals surface area contributed by atoms with Crippen molar-refractivity contribution in [2.45, 2.75) is 26.8 Å². The minimum absolute atomic E-state index is 0.00507. The van der Waals surface area contributed by atoms with E-state index in [2.05, 4.69) is 4.98 Å². The summed E-state index contributed by atoms with van der Waals surface area (Å²) in [6.07, 6.45) is 1.45. The lowest BCUT2D eigenvalue weighted by Gasteiger charge is -2.16. The third-order valence-electron chi connectivity index (χ3n) is 4.82. The van der Waals surface area contributed by atoms with Crippen LogP contribution in [0.15, 0.2) is 66.9 Å². The average Bonchev–Trinajstić information content (AvgIpc) is 2.80. The van der Waals surface area contributed by atoms with Gasteiger partial charge in [-0.3, -0.25) is 4.79 Å². The molecule has 0 spiro atoms. The van der Waals surface area contributed by atoms with E-state index in [-0.39, 0.29) is 34.5 Å². The number of nitrogens with zero attached hydrogens (tertiary/aromatic N) is 1. The molecule has 32 heavy (non-hydrogen) atoms. The number of aromatic nitrogens is 1. The molecule has 1 aromatic heterocycles. The van der Waals surface area contributed by atoms with E-state index in [0.717, 1.165) is 5.56 Å². The Morgan fingerprint density at radius 3 is 2.12 bits per heavy atom. The van der Waals surface area contributed by atoms with Gasteiger partial charge in [-0.2, -0.15) is 0 Å². The van der Waals surface area contributed by atoms with Crippen molar-refractivity contribution in [1.29, 1.82) is 0 Å². The predicted molar refractivity (Wildman–Crippen MR) is 119 cm³/mol. The number of esters is 2. The van der Waals surface area contributed by atoms with Crippen LogP contribution in [0.25, 0.3) is 0 Å². The van der Waals surface area contributed by atoms with Gasteiger partial charge in [0.1, 0.15) is 5.69 Å². The first-order valence-electron chi connectivity index (χ1n) is 10.1. The number of hydrogen-bond donors (Lipinski definition) is 1. The number of rotatable bonds is 7. The lowest BCUT2D eigenvalue weighted by molar-refractivity contribution is 0.0678. The third kappa shape index (κ3) is 5.44. The second-order valence-corrected chi connectivity index (χ2v) is 7.66. The number of Topliss-reactive ketones (excluding diaryl/α,β-unsaturated/α-hetero) is 1. The molecule has 1 unspecified atom stereocenters. The van der Waals surface area contributed by atoms with E-state index in [1.54, 1.807) is 36.4 Å². The number of ether oxygens (including phenoxy) is 2. The van der Waals surface area contributed by atoms with Crippen molar-refractivity contribution in [3.63, 3.8) is 0 Å². The maximum absolute atomic E-state index is 12.7. The van der Waals surface area contributed by atoms with E-state index < -0.39 is 18.0 Å². The fourth-order valence-electron chi connectivity index (χ4n) is 2.80. The molecular formula is C25H24N2O5. The summed E-state index contributed by atoms with van der Waals surface area (Å²) in [5, 5.41) is 0. The molecule has 0 saturated carbocycles. The van der Waals surface area contributed by atoms with Gasteiger partial charge in [-0.25, -0.2) is 14.6 Å². The second-order valence-electron chi connectivity index (χ2n) is 7.66. The highest BCUT2D eigenvalue weighted by molar-refractivity contribution is 6.01. The van der Waals surface area contributed by atoms with E-state index >= 15 is 0 Å². The summed E-state index contributed by atoms with van der Waals surface area (Å²) in [6, 6.07) is 15.2. The molecule has 0 bridgehead atoms. The predicted octanol–water partition coefficient (Wildman–Crippen LogP) is 3.99. The molecular weight excluding hydrogens is 408 g/mol. The zero-order chi connectivity index (χ0) is 23.3. The van der Waals surface area contributed by atoms with Crippen LogP contribution in [0.1, 0.15) is 50.6 Å². The summed E-state index contributed by atoms with van der Waals surface area (Å²) in [5.74, 6) is -1.86. The largest absolute Gasteiger partial charge is 0.419 e. The van der Waals surface area contributed by atoms with Crippen LogP contribution in [0.5, 0.6) is 11.5 Å². The molecule has 3 aromatic rings. The minimum Gasteiger partial charge on any atom is -0.419 e. The van der Waals surface area contributed by atoms with Crippen molar-refractivity contribution in [3.8, 4) is 11.5 Å². The van der Waals surface area contributed by atoms with E-state index in [4.69, 9.17) is 15.2 Å². The Balaban J connectivity index is 1.93. The first-order valence-corrected chi connectivity index (χ1v) is 10.1.